The van der Waals surface area contributed by atoms with Crippen molar-refractivity contribution in [1.82, 2.24) is 9.97 Å². The number of hydrogen-bond donors (Lipinski definition) is 3. The third-order valence-electron chi connectivity index (χ3n) is 4.57. The van der Waals surface area contributed by atoms with Crippen LogP contribution in [0.5, 0.6) is 0 Å². The predicted octanol–water partition coefficient (Wildman–Crippen LogP) is 5.09. The summed E-state index contributed by atoms with van der Waals surface area (Å²) in [5, 5.41) is 1.01. The summed E-state index contributed by atoms with van der Waals surface area (Å²) in [5.41, 5.74) is 11.9. The summed E-state index contributed by atoms with van der Waals surface area (Å²) in [6.07, 6.45) is 7.19. The van der Waals surface area contributed by atoms with E-state index in [4.69, 9.17) is 5.73 Å². The summed E-state index contributed by atoms with van der Waals surface area (Å²) in [6.45, 7) is 0.611. The molecule has 2 aromatic heterocycles. The number of nitrogens with zero attached hydrogens (tertiary/aromatic N) is 2. The third-order valence-corrected chi connectivity index (χ3v) is 4.87. The molecule has 3 N–H and O–H groups in total. The molecule has 4 aromatic rings. The van der Waals surface area contributed by atoms with E-state index in [0.717, 1.165) is 43.8 Å². The molecule has 4 rings (SSSR count). The number of aromatic amines is 1. The minimum atomic E-state index is 0.611. The van der Waals surface area contributed by atoms with Crippen molar-refractivity contribution >= 4 is 35.4 Å². The van der Waals surface area contributed by atoms with Gasteiger partial charge in [-0.05, 0) is 29.3 Å². The summed E-state index contributed by atoms with van der Waals surface area (Å²) in [7, 11) is 0. The van der Waals surface area contributed by atoms with Crippen LogP contribution in [-0.2, 0) is 6.54 Å². The first-order chi connectivity index (χ1) is 13.7. The fourth-order valence-electron chi connectivity index (χ4n) is 3.09. The molecule has 138 valence electrons. The topological polar surface area (TPSA) is 67.1 Å². The van der Waals surface area contributed by atoms with Crippen LogP contribution in [0.25, 0.3) is 27.7 Å². The SMILES string of the molecule is N/C=C(\C=NCc1ccccc1)c1c[nH]c2ncc(-c3ccc(S)cc3)cc12. The van der Waals surface area contributed by atoms with Crippen LogP contribution >= 0.6 is 12.6 Å². The maximum absolute atomic E-state index is 5.90. The number of nitrogens with two attached hydrogens (primary N) is 1. The molecule has 5 heteroatoms. The standard InChI is InChI=1S/C23H20N4S/c24-11-19(13-25-12-16-4-2-1-3-5-16)22-15-27-23-21(22)10-18(14-26-23)17-6-8-20(28)9-7-17/h1-11,13-15,28H,12,24H2,(H,26,27)/b19-11+,25-13?. The molecule has 0 aliphatic heterocycles. The number of fused-ring (bicyclic) bond motifs is 1. The van der Waals surface area contributed by atoms with Crippen LogP contribution in [-0.4, -0.2) is 16.2 Å². The average Bonchev–Trinajstić information content (AvgIpc) is 3.16. The van der Waals surface area contributed by atoms with Gasteiger partial charge in [0.2, 0.25) is 0 Å². The number of thiol groups is 1. The number of aromatic nitrogens is 2. The van der Waals surface area contributed by atoms with Gasteiger partial charge in [-0.2, -0.15) is 0 Å². The first kappa shape index (κ1) is 18.1. The molecule has 2 heterocycles. The molecule has 0 spiro atoms. The fourth-order valence-corrected chi connectivity index (χ4v) is 3.24. The van der Waals surface area contributed by atoms with Crippen LogP contribution in [0.3, 0.4) is 0 Å². The highest BCUT2D eigenvalue weighted by atomic mass is 32.1. The van der Waals surface area contributed by atoms with Crippen molar-refractivity contribution in [2.45, 2.75) is 11.4 Å². The number of pyridine rings is 1. The number of H-pyrrole nitrogens is 1. The maximum Gasteiger partial charge on any atom is 0.137 e. The summed E-state index contributed by atoms with van der Waals surface area (Å²) >= 11 is 4.35. The van der Waals surface area contributed by atoms with Gasteiger partial charge in [-0.3, -0.25) is 4.99 Å². The van der Waals surface area contributed by atoms with Gasteiger partial charge in [-0.15, -0.1) is 12.6 Å². The van der Waals surface area contributed by atoms with E-state index >= 15 is 0 Å². The number of benzene rings is 2. The van der Waals surface area contributed by atoms with Crippen molar-refractivity contribution in [3.8, 4) is 11.1 Å². The third kappa shape index (κ3) is 3.85. The second-order valence-electron chi connectivity index (χ2n) is 6.45. The highest BCUT2D eigenvalue weighted by Gasteiger charge is 2.10. The number of allylic oxidation sites excluding steroid dienone is 1. The minimum Gasteiger partial charge on any atom is -0.404 e. The van der Waals surface area contributed by atoms with Gasteiger partial charge < -0.3 is 10.7 Å². The Balaban J connectivity index is 1.65. The molecule has 0 saturated heterocycles. The van der Waals surface area contributed by atoms with Gasteiger partial charge in [-0.25, -0.2) is 4.98 Å². The zero-order chi connectivity index (χ0) is 19.3. The fraction of sp³-hybridized carbons (Fsp3) is 0.0435. The molecule has 0 bridgehead atoms. The molecule has 4 nitrogen and oxygen atoms in total. The lowest BCUT2D eigenvalue weighted by Gasteiger charge is -2.04. The smallest absolute Gasteiger partial charge is 0.137 e. The van der Waals surface area contributed by atoms with Crippen LogP contribution in [0.1, 0.15) is 11.1 Å². The van der Waals surface area contributed by atoms with Crippen molar-refractivity contribution in [2.75, 3.05) is 0 Å². The van der Waals surface area contributed by atoms with Crippen molar-refractivity contribution in [3.05, 3.63) is 90.4 Å². The molecule has 0 radical (unpaired) electrons. The van der Waals surface area contributed by atoms with Crippen molar-refractivity contribution in [3.63, 3.8) is 0 Å². The van der Waals surface area contributed by atoms with E-state index in [2.05, 4.69) is 45.8 Å². The number of hydrogen-bond acceptors (Lipinski definition) is 4. The monoisotopic (exact) mass is 384 g/mol. The molecule has 0 fully saturated rings. The Morgan fingerprint density at radius 1 is 1.07 bits per heavy atom. The van der Waals surface area contributed by atoms with E-state index in [1.54, 1.807) is 6.20 Å². The zero-order valence-electron chi connectivity index (χ0n) is 15.2. The molecule has 2 aromatic carbocycles. The molecule has 0 atom stereocenters. The van der Waals surface area contributed by atoms with Gasteiger partial charge in [-0.1, -0.05) is 42.5 Å². The lowest BCUT2D eigenvalue weighted by Crippen LogP contribution is -1.92. The number of aliphatic imine (C=N–C) groups is 1. The number of nitrogens with one attached hydrogen (secondary N) is 1. The van der Waals surface area contributed by atoms with E-state index in [1.807, 2.05) is 61.1 Å². The summed E-state index contributed by atoms with van der Waals surface area (Å²) in [4.78, 5) is 13.3. The largest absolute Gasteiger partial charge is 0.404 e. The van der Waals surface area contributed by atoms with Gasteiger partial charge in [0.15, 0.2) is 0 Å². The summed E-state index contributed by atoms with van der Waals surface area (Å²) in [5.74, 6) is 0. The van der Waals surface area contributed by atoms with Crippen molar-refractivity contribution in [2.24, 2.45) is 10.7 Å². The van der Waals surface area contributed by atoms with E-state index in [0.29, 0.717) is 6.54 Å². The molecule has 0 saturated carbocycles. The average molecular weight is 385 g/mol. The van der Waals surface area contributed by atoms with Gasteiger partial charge in [0.1, 0.15) is 5.65 Å². The van der Waals surface area contributed by atoms with E-state index in [1.165, 1.54) is 0 Å². The van der Waals surface area contributed by atoms with Crippen LogP contribution in [0.4, 0.5) is 0 Å². The Morgan fingerprint density at radius 2 is 1.86 bits per heavy atom. The Bertz CT molecular complexity index is 1140. The van der Waals surface area contributed by atoms with Gasteiger partial charge in [0.05, 0.1) is 6.54 Å². The maximum atomic E-state index is 5.90. The summed E-state index contributed by atoms with van der Waals surface area (Å²) in [6, 6.07) is 20.3. The number of rotatable bonds is 5. The second kappa shape index (κ2) is 8.15. The van der Waals surface area contributed by atoms with Crippen LogP contribution in [0, 0.1) is 0 Å². The molecule has 0 unspecified atom stereocenters. The van der Waals surface area contributed by atoms with E-state index in [9.17, 15) is 0 Å². The predicted molar refractivity (Wildman–Crippen MR) is 120 cm³/mol. The molecule has 28 heavy (non-hydrogen) atoms. The Hall–Kier alpha value is -3.31. The Morgan fingerprint density at radius 3 is 2.61 bits per heavy atom. The molecule has 0 amide bonds. The van der Waals surface area contributed by atoms with Gasteiger partial charge in [0, 0.05) is 51.8 Å². The van der Waals surface area contributed by atoms with Gasteiger partial charge >= 0.3 is 0 Å². The highest BCUT2D eigenvalue weighted by Crippen LogP contribution is 2.28. The quantitative estimate of drug-likeness (QED) is 0.331. The lowest BCUT2D eigenvalue weighted by molar-refractivity contribution is 1.08. The summed E-state index contributed by atoms with van der Waals surface area (Å²) < 4.78 is 0. The molecular weight excluding hydrogens is 364 g/mol. The lowest BCUT2D eigenvalue weighted by atomic mass is 10.0. The molecule has 0 aliphatic carbocycles. The highest BCUT2D eigenvalue weighted by molar-refractivity contribution is 7.80. The first-order valence-corrected chi connectivity index (χ1v) is 9.42. The minimum absolute atomic E-state index is 0.611. The zero-order valence-corrected chi connectivity index (χ0v) is 16.1. The van der Waals surface area contributed by atoms with Crippen LogP contribution in [0.2, 0.25) is 0 Å². The van der Waals surface area contributed by atoms with E-state index < -0.39 is 0 Å². The molecule has 0 aliphatic rings. The Kier molecular flexibility index (Phi) is 5.26. The first-order valence-electron chi connectivity index (χ1n) is 8.97. The second-order valence-corrected chi connectivity index (χ2v) is 6.96. The van der Waals surface area contributed by atoms with E-state index in [-0.39, 0.29) is 0 Å². The normalized spacial score (nSPS) is 12.1. The van der Waals surface area contributed by atoms with Crippen LogP contribution < -0.4 is 5.73 Å². The van der Waals surface area contributed by atoms with Gasteiger partial charge in [0.25, 0.3) is 0 Å². The van der Waals surface area contributed by atoms with Crippen LogP contribution in [0.15, 0.2) is 89.1 Å². The van der Waals surface area contributed by atoms with Crippen molar-refractivity contribution in [1.29, 1.82) is 0 Å². The Labute approximate surface area is 169 Å². The molecular formula is C23H20N4S. The van der Waals surface area contributed by atoms with Crippen molar-refractivity contribution < 1.29 is 0 Å².